The van der Waals surface area contributed by atoms with E-state index >= 15 is 0 Å². The van der Waals surface area contributed by atoms with Gasteiger partial charge in [-0.25, -0.2) is 4.68 Å². The fourth-order valence-corrected chi connectivity index (χ4v) is 5.90. The van der Waals surface area contributed by atoms with E-state index in [-0.39, 0.29) is 17.2 Å². The maximum atomic E-state index is 11.0. The predicted octanol–water partition coefficient (Wildman–Crippen LogP) is 9.70. The Morgan fingerprint density at radius 1 is 0.795 bits per heavy atom. The predicted molar refractivity (Wildman–Crippen MR) is 161 cm³/mol. The van der Waals surface area contributed by atoms with E-state index in [1.807, 2.05) is 0 Å². The van der Waals surface area contributed by atoms with Crippen LogP contribution in [0.3, 0.4) is 0 Å². The molecule has 2 aromatic carbocycles. The number of aromatic hydroxyl groups is 2. The van der Waals surface area contributed by atoms with Gasteiger partial charge in [0.1, 0.15) is 17.2 Å². The molecule has 0 spiro atoms. The summed E-state index contributed by atoms with van der Waals surface area (Å²) in [6.45, 7) is 2.27. The monoisotopic (exact) mass is 555 g/mol. The van der Waals surface area contributed by atoms with Gasteiger partial charge in [0.2, 0.25) is 0 Å². The quantitative estimate of drug-likeness (QED) is 0.0473. The van der Waals surface area contributed by atoms with Crippen LogP contribution in [0.2, 0.25) is 0 Å². The lowest BCUT2D eigenvalue weighted by Crippen LogP contribution is -1.95. The molecular weight excluding hydrogens is 510 g/mol. The molecule has 0 fully saturated rings. The lowest BCUT2D eigenvalue weighted by atomic mass is 10.0. The molecule has 0 bridgehead atoms. The molecule has 8 heteroatoms. The zero-order valence-corrected chi connectivity index (χ0v) is 24.3. The van der Waals surface area contributed by atoms with E-state index in [4.69, 9.17) is 0 Å². The van der Waals surface area contributed by atoms with Gasteiger partial charge < -0.3 is 10.2 Å². The Balaban J connectivity index is 1.28. The molecule has 2 N–H and O–H groups in total. The minimum absolute atomic E-state index is 0.00424. The van der Waals surface area contributed by atoms with Crippen LogP contribution in [0.25, 0.3) is 16.6 Å². The number of phenolic OH excluding ortho intramolecular Hbond substituents is 2. The number of benzene rings is 2. The topological polar surface area (TPSA) is 101 Å². The lowest BCUT2D eigenvalue weighted by Gasteiger charge is -2.10. The number of nitro groups is 1. The minimum atomic E-state index is -0.453. The van der Waals surface area contributed by atoms with Crippen LogP contribution in [-0.2, 0) is 0 Å². The first-order chi connectivity index (χ1) is 19.0. The van der Waals surface area contributed by atoms with Gasteiger partial charge in [0.05, 0.1) is 15.3 Å². The zero-order chi connectivity index (χ0) is 27.9. The number of aromatic nitrogens is 2. The van der Waals surface area contributed by atoms with Gasteiger partial charge in [0.25, 0.3) is 5.69 Å². The summed E-state index contributed by atoms with van der Waals surface area (Å²) in [7, 11) is 0. The van der Waals surface area contributed by atoms with Crippen molar-refractivity contribution < 1.29 is 15.1 Å². The summed E-state index contributed by atoms with van der Waals surface area (Å²) >= 11 is 1.55. The molecule has 3 aromatic rings. The SMILES string of the molecule is CCCCCCCCCCCCCCCCCCSc1cc(O)c(-n2cc3cc([N+](=O)[O-])ccc3n2)cc1O. The number of unbranched alkanes of at least 4 members (excludes halogenated alkanes) is 15. The van der Waals surface area contributed by atoms with Crippen LogP contribution in [0.15, 0.2) is 41.4 Å². The van der Waals surface area contributed by atoms with Crippen molar-refractivity contribution in [2.24, 2.45) is 0 Å². The molecule has 0 aliphatic carbocycles. The van der Waals surface area contributed by atoms with Gasteiger partial charge in [-0.3, -0.25) is 10.1 Å². The van der Waals surface area contributed by atoms with E-state index in [0.29, 0.717) is 21.5 Å². The minimum Gasteiger partial charge on any atom is -0.507 e. The Hall–Kier alpha value is -2.74. The van der Waals surface area contributed by atoms with Crippen molar-refractivity contribution >= 4 is 28.4 Å². The molecule has 1 aromatic heterocycles. The molecule has 1 heterocycles. The van der Waals surface area contributed by atoms with Gasteiger partial charge in [-0.15, -0.1) is 11.8 Å². The number of non-ortho nitro benzene ring substituents is 1. The second-order valence-corrected chi connectivity index (χ2v) is 11.7. The number of hydrogen-bond acceptors (Lipinski definition) is 6. The smallest absolute Gasteiger partial charge is 0.270 e. The van der Waals surface area contributed by atoms with Crippen molar-refractivity contribution in [1.82, 2.24) is 9.78 Å². The summed E-state index contributed by atoms with van der Waals surface area (Å²) in [6.07, 6.45) is 23.1. The van der Waals surface area contributed by atoms with E-state index in [1.54, 1.807) is 30.1 Å². The Morgan fingerprint density at radius 3 is 1.92 bits per heavy atom. The van der Waals surface area contributed by atoms with Crippen LogP contribution in [-0.4, -0.2) is 30.7 Å². The van der Waals surface area contributed by atoms with E-state index in [2.05, 4.69) is 12.0 Å². The first-order valence-electron chi connectivity index (χ1n) is 14.8. The molecule has 0 atom stereocenters. The van der Waals surface area contributed by atoms with E-state index in [9.17, 15) is 20.3 Å². The van der Waals surface area contributed by atoms with Crippen molar-refractivity contribution in [2.75, 3.05) is 5.75 Å². The fourth-order valence-electron chi connectivity index (χ4n) is 4.93. The molecule has 7 nitrogen and oxygen atoms in total. The third-order valence-corrected chi connectivity index (χ3v) is 8.39. The summed E-state index contributed by atoms with van der Waals surface area (Å²) in [5.74, 6) is 0.986. The van der Waals surface area contributed by atoms with E-state index in [1.165, 1.54) is 119 Å². The maximum Gasteiger partial charge on any atom is 0.270 e. The van der Waals surface area contributed by atoms with E-state index < -0.39 is 4.92 Å². The molecule has 0 unspecified atom stereocenters. The molecule has 0 amide bonds. The largest absolute Gasteiger partial charge is 0.507 e. The summed E-state index contributed by atoms with van der Waals surface area (Å²) < 4.78 is 1.44. The van der Waals surface area contributed by atoms with Crippen molar-refractivity contribution in [3.8, 4) is 17.2 Å². The van der Waals surface area contributed by atoms with E-state index in [0.717, 1.165) is 12.2 Å². The summed E-state index contributed by atoms with van der Waals surface area (Å²) in [6, 6.07) is 7.47. The number of fused-ring (bicyclic) bond motifs is 1. The number of rotatable bonds is 20. The normalized spacial score (nSPS) is 11.4. The van der Waals surface area contributed by atoms with Crippen molar-refractivity contribution in [1.29, 1.82) is 0 Å². The molecule has 0 saturated carbocycles. The average Bonchev–Trinajstić information content (AvgIpc) is 3.35. The van der Waals surface area contributed by atoms with Crippen LogP contribution in [0.5, 0.6) is 11.5 Å². The fraction of sp³-hybridized carbons (Fsp3) is 0.581. The highest BCUT2D eigenvalue weighted by molar-refractivity contribution is 7.99. The second-order valence-electron chi connectivity index (χ2n) is 10.5. The summed E-state index contributed by atoms with van der Waals surface area (Å²) in [5.41, 5.74) is 0.884. The molecule has 0 aliphatic heterocycles. The highest BCUT2D eigenvalue weighted by Crippen LogP contribution is 2.37. The molecule has 3 rings (SSSR count). The van der Waals surface area contributed by atoms with Gasteiger partial charge in [0.15, 0.2) is 0 Å². The number of thioether (sulfide) groups is 1. The third kappa shape index (κ3) is 10.4. The number of nitro benzene ring substituents is 1. The molecular formula is C31H45N3O4S. The Kier molecular flexibility index (Phi) is 13.5. The van der Waals surface area contributed by atoms with Crippen LogP contribution in [0.4, 0.5) is 5.69 Å². The van der Waals surface area contributed by atoms with Gasteiger partial charge >= 0.3 is 0 Å². The Labute approximate surface area is 237 Å². The molecule has 0 saturated heterocycles. The average molecular weight is 556 g/mol. The van der Waals surface area contributed by atoms with Gasteiger partial charge in [0, 0.05) is 29.8 Å². The van der Waals surface area contributed by atoms with Crippen LogP contribution >= 0.6 is 11.8 Å². The third-order valence-electron chi connectivity index (χ3n) is 7.26. The Morgan fingerprint density at radius 2 is 1.36 bits per heavy atom. The highest BCUT2D eigenvalue weighted by Gasteiger charge is 2.14. The van der Waals surface area contributed by atoms with Crippen LogP contribution in [0, 0.1) is 10.1 Å². The molecule has 0 radical (unpaired) electrons. The molecule has 214 valence electrons. The standard InChI is InChI=1S/C31H45N3O4S/c1-2-3-4-5-6-7-8-9-10-11-12-13-14-15-16-17-20-39-31-23-29(35)28(22-30(31)36)33-24-25-21-26(34(37)38)18-19-27(25)32-33/h18-19,21-24,35-36H,2-17,20H2,1H3. The zero-order valence-electron chi connectivity index (χ0n) is 23.4. The maximum absolute atomic E-state index is 11.0. The van der Waals surface area contributed by atoms with Crippen LogP contribution in [0.1, 0.15) is 110 Å². The summed E-state index contributed by atoms with van der Waals surface area (Å²) in [4.78, 5) is 11.2. The Bertz CT molecular complexity index is 1160. The first-order valence-corrected chi connectivity index (χ1v) is 15.8. The van der Waals surface area contributed by atoms with Crippen molar-refractivity contribution in [3.63, 3.8) is 0 Å². The van der Waals surface area contributed by atoms with Gasteiger partial charge in [-0.2, -0.15) is 5.10 Å². The van der Waals surface area contributed by atoms with Crippen molar-refractivity contribution in [2.45, 2.75) is 115 Å². The van der Waals surface area contributed by atoms with Crippen LogP contribution < -0.4 is 0 Å². The number of phenols is 2. The highest BCUT2D eigenvalue weighted by atomic mass is 32.2. The first kappa shape index (κ1) is 30.8. The molecule has 39 heavy (non-hydrogen) atoms. The van der Waals surface area contributed by atoms with Gasteiger partial charge in [-0.1, -0.05) is 103 Å². The summed E-state index contributed by atoms with van der Waals surface area (Å²) in [5, 5.41) is 37.1. The van der Waals surface area contributed by atoms with Gasteiger partial charge in [-0.05, 0) is 24.3 Å². The second kappa shape index (κ2) is 17.1. The van der Waals surface area contributed by atoms with Crippen molar-refractivity contribution in [3.05, 3.63) is 46.6 Å². The lowest BCUT2D eigenvalue weighted by molar-refractivity contribution is -0.384. The number of nitrogens with zero attached hydrogens (tertiary/aromatic N) is 3. The number of hydrogen-bond donors (Lipinski definition) is 2. The molecule has 0 aliphatic rings.